The van der Waals surface area contributed by atoms with Crippen LogP contribution >= 0.6 is 27.7 Å². The number of hydrogen-bond acceptors (Lipinski definition) is 4. The van der Waals surface area contributed by atoms with Gasteiger partial charge in [0.1, 0.15) is 5.54 Å². The number of nitrogens with one attached hydrogen (secondary N) is 1. The van der Waals surface area contributed by atoms with Crippen molar-refractivity contribution >= 4 is 27.7 Å². The van der Waals surface area contributed by atoms with E-state index in [2.05, 4.69) is 39.2 Å². The Morgan fingerprint density at radius 1 is 1.63 bits per heavy atom. The molecule has 1 saturated carbocycles. The molecule has 0 saturated heterocycles. The van der Waals surface area contributed by atoms with Crippen molar-refractivity contribution in [2.45, 2.75) is 55.0 Å². The van der Waals surface area contributed by atoms with Crippen LogP contribution in [0.15, 0.2) is 27.8 Å². The van der Waals surface area contributed by atoms with Crippen molar-refractivity contribution in [1.82, 2.24) is 10.3 Å². The first-order chi connectivity index (χ1) is 9.00. The molecule has 0 bridgehead atoms. The molecule has 1 aliphatic rings. The molecular formula is C14H18BrN3S. The molecule has 19 heavy (non-hydrogen) atoms. The molecule has 1 heterocycles. The predicted octanol–water partition coefficient (Wildman–Crippen LogP) is 3.75. The first-order valence-corrected chi connectivity index (χ1v) is 8.15. The Morgan fingerprint density at radius 2 is 2.37 bits per heavy atom. The lowest BCUT2D eigenvalue weighted by Crippen LogP contribution is -2.44. The van der Waals surface area contributed by atoms with Crippen molar-refractivity contribution in [2.24, 2.45) is 0 Å². The Labute approximate surface area is 127 Å². The number of rotatable bonds is 6. The van der Waals surface area contributed by atoms with Crippen LogP contribution in [0.25, 0.3) is 0 Å². The Kier molecular flexibility index (Phi) is 4.88. The van der Waals surface area contributed by atoms with Gasteiger partial charge < -0.3 is 0 Å². The maximum absolute atomic E-state index is 9.37. The van der Waals surface area contributed by atoms with Gasteiger partial charge in [0.05, 0.1) is 11.1 Å². The van der Waals surface area contributed by atoms with Crippen molar-refractivity contribution in [3.05, 3.63) is 22.8 Å². The minimum Gasteiger partial charge on any atom is -0.297 e. The number of pyridine rings is 1. The molecule has 1 N–H and O–H groups in total. The first-order valence-electron chi connectivity index (χ1n) is 6.48. The average molecular weight is 340 g/mol. The van der Waals surface area contributed by atoms with Gasteiger partial charge in [0.25, 0.3) is 0 Å². The second kappa shape index (κ2) is 6.25. The summed E-state index contributed by atoms with van der Waals surface area (Å²) in [4.78, 5) is 4.36. The van der Waals surface area contributed by atoms with E-state index in [0.717, 1.165) is 15.9 Å². The van der Waals surface area contributed by atoms with Crippen molar-refractivity contribution in [1.29, 1.82) is 5.26 Å². The Balaban J connectivity index is 1.90. The number of halogens is 1. The number of nitriles is 1. The minimum absolute atomic E-state index is 0.351. The zero-order valence-corrected chi connectivity index (χ0v) is 13.6. The predicted molar refractivity (Wildman–Crippen MR) is 82.0 cm³/mol. The highest BCUT2D eigenvalue weighted by atomic mass is 79.9. The Morgan fingerprint density at radius 3 is 2.89 bits per heavy atom. The molecule has 1 aromatic rings. The second-order valence-electron chi connectivity index (χ2n) is 5.31. The van der Waals surface area contributed by atoms with E-state index in [-0.39, 0.29) is 0 Å². The fraction of sp³-hybridized carbons (Fsp3) is 0.571. The molecule has 0 radical (unpaired) electrons. The maximum Gasteiger partial charge on any atom is 0.105 e. The summed E-state index contributed by atoms with van der Waals surface area (Å²) >= 11 is 5.10. The molecule has 0 amide bonds. The molecule has 2 unspecified atom stereocenters. The quantitative estimate of drug-likeness (QED) is 0.802. The number of hydrogen-bond donors (Lipinski definition) is 1. The SMILES string of the molecule is CC(CC(C)(C#N)NC1CC1)Sc1ccc(Br)cn1. The van der Waals surface area contributed by atoms with Crippen LogP contribution in [0.2, 0.25) is 0 Å². The summed E-state index contributed by atoms with van der Waals surface area (Å²) in [6.45, 7) is 4.15. The third kappa shape index (κ3) is 4.79. The highest BCUT2D eigenvalue weighted by molar-refractivity contribution is 9.10. The van der Waals surface area contributed by atoms with Crippen LogP contribution in [0.4, 0.5) is 0 Å². The minimum atomic E-state index is -0.428. The number of aromatic nitrogens is 1. The normalized spacial score (nSPS) is 19.5. The van der Waals surface area contributed by atoms with Gasteiger partial charge in [0, 0.05) is 22.0 Å². The first kappa shape index (κ1) is 14.8. The maximum atomic E-state index is 9.37. The second-order valence-corrected chi connectivity index (χ2v) is 7.68. The largest absolute Gasteiger partial charge is 0.297 e. The van der Waals surface area contributed by atoms with Crippen LogP contribution in [-0.2, 0) is 0 Å². The van der Waals surface area contributed by atoms with Crippen LogP contribution in [0.5, 0.6) is 0 Å². The summed E-state index contributed by atoms with van der Waals surface area (Å²) < 4.78 is 0.988. The molecule has 0 spiro atoms. The fourth-order valence-electron chi connectivity index (χ4n) is 2.07. The third-order valence-electron chi connectivity index (χ3n) is 3.06. The lowest BCUT2D eigenvalue weighted by atomic mass is 9.98. The lowest BCUT2D eigenvalue weighted by molar-refractivity contribution is 0.414. The van der Waals surface area contributed by atoms with Gasteiger partial charge in [-0.15, -0.1) is 11.8 Å². The molecule has 2 rings (SSSR count). The average Bonchev–Trinajstić information content (AvgIpc) is 3.15. The van der Waals surface area contributed by atoms with E-state index in [9.17, 15) is 5.26 Å². The van der Waals surface area contributed by atoms with Gasteiger partial charge in [-0.05, 0) is 54.2 Å². The van der Waals surface area contributed by atoms with Crippen molar-refractivity contribution in [2.75, 3.05) is 0 Å². The van der Waals surface area contributed by atoms with Gasteiger partial charge in [0.15, 0.2) is 0 Å². The van der Waals surface area contributed by atoms with E-state index in [1.54, 1.807) is 18.0 Å². The van der Waals surface area contributed by atoms with Crippen LogP contribution in [0, 0.1) is 11.3 Å². The Bertz CT molecular complexity index is 467. The Hall–Kier alpha value is -0.570. The zero-order valence-electron chi connectivity index (χ0n) is 11.2. The molecule has 5 heteroatoms. The van der Waals surface area contributed by atoms with Crippen LogP contribution in [0.3, 0.4) is 0 Å². The summed E-state index contributed by atoms with van der Waals surface area (Å²) in [7, 11) is 0. The molecule has 1 aromatic heterocycles. The molecule has 0 aliphatic heterocycles. The highest BCUT2D eigenvalue weighted by Crippen LogP contribution is 2.30. The molecular weight excluding hydrogens is 322 g/mol. The summed E-state index contributed by atoms with van der Waals surface area (Å²) in [5, 5.41) is 14.2. The van der Waals surface area contributed by atoms with Gasteiger partial charge in [-0.25, -0.2) is 4.98 Å². The van der Waals surface area contributed by atoms with Crippen LogP contribution in [-0.4, -0.2) is 21.8 Å². The van der Waals surface area contributed by atoms with Gasteiger partial charge in [0.2, 0.25) is 0 Å². The van der Waals surface area contributed by atoms with Crippen molar-refractivity contribution in [3.8, 4) is 6.07 Å². The van der Waals surface area contributed by atoms with Crippen molar-refractivity contribution in [3.63, 3.8) is 0 Å². The van der Waals surface area contributed by atoms with Gasteiger partial charge in [-0.3, -0.25) is 5.32 Å². The lowest BCUT2D eigenvalue weighted by Gasteiger charge is -2.26. The highest BCUT2D eigenvalue weighted by Gasteiger charge is 2.33. The zero-order chi connectivity index (χ0) is 13.9. The summed E-state index contributed by atoms with van der Waals surface area (Å²) in [6, 6.07) is 6.97. The molecule has 3 nitrogen and oxygen atoms in total. The van der Waals surface area contributed by atoms with Gasteiger partial charge in [-0.1, -0.05) is 6.92 Å². The smallest absolute Gasteiger partial charge is 0.105 e. The number of thioether (sulfide) groups is 1. The van der Waals surface area contributed by atoms with Crippen LogP contribution < -0.4 is 5.32 Å². The molecule has 1 aliphatic carbocycles. The van der Waals surface area contributed by atoms with Gasteiger partial charge in [-0.2, -0.15) is 5.26 Å². The van der Waals surface area contributed by atoms with E-state index < -0.39 is 5.54 Å². The standard InChI is InChI=1S/C14H18BrN3S/c1-10(19-13-6-3-11(15)8-17-13)7-14(2,9-16)18-12-4-5-12/h3,6,8,10,12,18H,4-5,7H2,1-2H3. The van der Waals surface area contributed by atoms with E-state index >= 15 is 0 Å². The van der Waals surface area contributed by atoms with E-state index in [1.165, 1.54) is 12.8 Å². The third-order valence-corrected chi connectivity index (χ3v) is 4.59. The van der Waals surface area contributed by atoms with E-state index in [1.807, 2.05) is 19.1 Å². The fourth-order valence-corrected chi connectivity index (χ4v) is 3.39. The number of nitrogens with zero attached hydrogens (tertiary/aromatic N) is 2. The van der Waals surface area contributed by atoms with Crippen molar-refractivity contribution < 1.29 is 0 Å². The van der Waals surface area contributed by atoms with Gasteiger partial charge >= 0.3 is 0 Å². The van der Waals surface area contributed by atoms with E-state index in [0.29, 0.717) is 11.3 Å². The monoisotopic (exact) mass is 339 g/mol. The molecule has 0 aromatic carbocycles. The van der Waals surface area contributed by atoms with E-state index in [4.69, 9.17) is 0 Å². The molecule has 1 fully saturated rings. The summed E-state index contributed by atoms with van der Waals surface area (Å²) in [6.07, 6.45) is 5.03. The summed E-state index contributed by atoms with van der Waals surface area (Å²) in [5.74, 6) is 0. The molecule has 2 atom stereocenters. The van der Waals surface area contributed by atoms with Crippen LogP contribution in [0.1, 0.15) is 33.1 Å². The molecule has 102 valence electrons. The topological polar surface area (TPSA) is 48.7 Å². The summed E-state index contributed by atoms with van der Waals surface area (Å²) in [5.41, 5.74) is -0.428.